The van der Waals surface area contributed by atoms with E-state index in [1.54, 1.807) is 20.4 Å². The number of ether oxygens (including phenoxy) is 2. The molecule has 8 rings (SSSR count). The third-order valence-electron chi connectivity index (χ3n) is 10.3. The lowest BCUT2D eigenvalue weighted by Gasteiger charge is -2.47. The van der Waals surface area contributed by atoms with Crippen molar-refractivity contribution in [2.24, 2.45) is 0 Å². The Balaban J connectivity index is 1.07. The highest BCUT2D eigenvalue weighted by Gasteiger charge is 2.47. The van der Waals surface area contributed by atoms with Crippen LogP contribution in [0.5, 0.6) is 11.6 Å². The molecule has 0 unspecified atom stereocenters. The number of aliphatic hydroxyl groups is 1. The number of carbonyl (C=O) groups is 1. The number of nitrogens with one attached hydrogen (secondary N) is 1. The molecule has 248 valence electrons. The van der Waals surface area contributed by atoms with E-state index in [2.05, 4.69) is 27.2 Å². The maximum Gasteiger partial charge on any atom is 0.237 e. The van der Waals surface area contributed by atoms with Crippen molar-refractivity contribution in [3.63, 3.8) is 0 Å². The predicted molar refractivity (Wildman–Crippen MR) is 185 cm³/mol. The number of aryl methyl sites for hydroxylation is 1. The van der Waals surface area contributed by atoms with E-state index in [1.807, 2.05) is 36.4 Å². The summed E-state index contributed by atoms with van der Waals surface area (Å²) in [7, 11) is 3.31. The van der Waals surface area contributed by atoms with Crippen LogP contribution in [0.25, 0.3) is 33.5 Å². The summed E-state index contributed by atoms with van der Waals surface area (Å²) in [5.41, 5.74) is 7.94. The minimum atomic E-state index is -0.244. The Bertz CT molecular complexity index is 1920. The van der Waals surface area contributed by atoms with Gasteiger partial charge in [0.2, 0.25) is 11.8 Å². The summed E-state index contributed by atoms with van der Waals surface area (Å²) in [6, 6.07) is 16.4. The van der Waals surface area contributed by atoms with Gasteiger partial charge < -0.3 is 19.9 Å². The molecule has 2 N–H and O–H groups in total. The lowest BCUT2D eigenvalue weighted by molar-refractivity contribution is -0.120. The van der Waals surface area contributed by atoms with E-state index in [-0.39, 0.29) is 23.6 Å². The quantitative estimate of drug-likeness (QED) is 0.236. The predicted octanol–water partition coefficient (Wildman–Crippen LogP) is 5.93. The number of likely N-dealkylation sites (tertiary alicyclic amines) is 2. The molecule has 3 aliphatic heterocycles. The van der Waals surface area contributed by atoms with Gasteiger partial charge in [-0.25, -0.2) is 4.98 Å². The van der Waals surface area contributed by atoms with Gasteiger partial charge in [-0.05, 0) is 36.5 Å². The standard InChI is InChI=1S/C37H37Cl2N5O4/c1-47-31-14-22(13-21-9-10-30(33(21)31)44-16-23(45)17-44)24-5-3-6-25(34(24)38)26-7-4-8-27(35(26)39)28-15-40-29(36(41-28)48-2)18-43-19-37(20-43)12-11-32(46)42-37/h3-8,13-15,23,30,45H,9-12,16-20H2,1-2H3,(H,42,46)/t30-/m0/s1. The number of benzene rings is 3. The van der Waals surface area contributed by atoms with Crippen LogP contribution in [-0.4, -0.2) is 82.8 Å². The van der Waals surface area contributed by atoms with Crippen molar-refractivity contribution in [2.75, 3.05) is 40.4 Å². The molecule has 1 atom stereocenters. The summed E-state index contributed by atoms with van der Waals surface area (Å²) >= 11 is 14.3. The number of rotatable bonds is 8. The highest BCUT2D eigenvalue weighted by atomic mass is 35.5. The molecule has 0 bridgehead atoms. The van der Waals surface area contributed by atoms with Gasteiger partial charge in [0.1, 0.15) is 11.4 Å². The van der Waals surface area contributed by atoms with Crippen LogP contribution in [0.15, 0.2) is 54.7 Å². The minimum absolute atomic E-state index is 0.0982. The molecule has 0 radical (unpaired) electrons. The first-order valence-electron chi connectivity index (χ1n) is 16.4. The van der Waals surface area contributed by atoms with Crippen molar-refractivity contribution in [2.45, 2.75) is 49.9 Å². The first-order valence-corrected chi connectivity index (χ1v) is 17.2. The summed E-state index contributed by atoms with van der Waals surface area (Å²) in [6.07, 6.45) is 4.91. The average Bonchev–Trinajstić information content (AvgIpc) is 3.67. The van der Waals surface area contributed by atoms with Gasteiger partial charge in [-0.3, -0.25) is 19.6 Å². The summed E-state index contributed by atoms with van der Waals surface area (Å²) in [5.74, 6) is 1.43. The molecule has 1 spiro atoms. The fourth-order valence-corrected chi connectivity index (χ4v) is 8.64. The molecule has 48 heavy (non-hydrogen) atoms. The Morgan fingerprint density at radius 3 is 2.35 bits per heavy atom. The molecule has 9 nitrogen and oxygen atoms in total. The Labute approximate surface area is 289 Å². The largest absolute Gasteiger partial charge is 0.496 e. The molecule has 0 saturated carbocycles. The molecule has 1 aromatic heterocycles. The lowest BCUT2D eigenvalue weighted by atomic mass is 9.88. The van der Waals surface area contributed by atoms with Crippen LogP contribution in [0.2, 0.25) is 10.0 Å². The number of halogens is 2. The van der Waals surface area contributed by atoms with Crippen molar-refractivity contribution in [3.8, 4) is 45.1 Å². The second-order valence-electron chi connectivity index (χ2n) is 13.4. The van der Waals surface area contributed by atoms with E-state index in [0.29, 0.717) is 47.7 Å². The third-order valence-corrected chi connectivity index (χ3v) is 11.2. The first kappa shape index (κ1) is 31.5. The number of fused-ring (bicyclic) bond motifs is 1. The van der Waals surface area contributed by atoms with Gasteiger partial charge >= 0.3 is 0 Å². The normalized spacial score (nSPS) is 20.4. The van der Waals surface area contributed by atoms with Crippen molar-refractivity contribution in [3.05, 3.63) is 81.6 Å². The number of carbonyl (C=O) groups excluding carboxylic acids is 1. The molecule has 1 aliphatic carbocycles. The Morgan fingerprint density at radius 1 is 0.979 bits per heavy atom. The molecule has 11 heteroatoms. The number of hydrogen-bond acceptors (Lipinski definition) is 8. The molecule has 3 fully saturated rings. The molecule has 3 aromatic carbocycles. The van der Waals surface area contributed by atoms with Crippen molar-refractivity contribution >= 4 is 29.1 Å². The minimum Gasteiger partial charge on any atom is -0.496 e. The first-order chi connectivity index (χ1) is 23.3. The highest BCUT2D eigenvalue weighted by Crippen LogP contribution is 2.48. The second-order valence-corrected chi connectivity index (χ2v) is 14.2. The summed E-state index contributed by atoms with van der Waals surface area (Å²) in [6.45, 7) is 3.57. The maximum atomic E-state index is 11.7. The number of amides is 1. The zero-order valence-electron chi connectivity index (χ0n) is 26.9. The zero-order chi connectivity index (χ0) is 33.2. The molecule has 3 saturated heterocycles. The Morgan fingerprint density at radius 2 is 1.69 bits per heavy atom. The van der Waals surface area contributed by atoms with E-state index in [1.165, 1.54) is 11.1 Å². The SMILES string of the molecule is COc1cc(-c2cccc(-c3cccc(-c4cnc(CN5CC6(CCC(=O)N6)C5)c(OC)n4)c3Cl)c2Cl)cc2c1[C@@H](N1CC(O)C1)CC2. The topological polar surface area (TPSA) is 100 Å². The van der Waals surface area contributed by atoms with Gasteiger partial charge in [0.25, 0.3) is 0 Å². The molecule has 4 aliphatic rings. The van der Waals surface area contributed by atoms with Crippen LogP contribution >= 0.6 is 23.2 Å². The number of methoxy groups -OCH3 is 2. The molecular weight excluding hydrogens is 649 g/mol. The Hall–Kier alpha value is -3.73. The average molecular weight is 687 g/mol. The van der Waals surface area contributed by atoms with Crippen LogP contribution in [0, 0.1) is 0 Å². The van der Waals surface area contributed by atoms with Crippen LogP contribution < -0.4 is 14.8 Å². The van der Waals surface area contributed by atoms with Crippen molar-refractivity contribution in [1.82, 2.24) is 25.1 Å². The van der Waals surface area contributed by atoms with Crippen LogP contribution in [0.3, 0.4) is 0 Å². The fourth-order valence-electron chi connectivity index (χ4n) is 7.98. The van der Waals surface area contributed by atoms with Gasteiger partial charge in [0.15, 0.2) is 0 Å². The monoisotopic (exact) mass is 685 g/mol. The smallest absolute Gasteiger partial charge is 0.237 e. The fraction of sp³-hybridized carbons (Fsp3) is 0.378. The van der Waals surface area contributed by atoms with Gasteiger partial charge in [-0.1, -0.05) is 65.7 Å². The van der Waals surface area contributed by atoms with E-state index in [9.17, 15) is 9.90 Å². The Kier molecular flexibility index (Phi) is 8.08. The summed E-state index contributed by atoms with van der Waals surface area (Å²) < 4.78 is 11.6. The van der Waals surface area contributed by atoms with E-state index in [4.69, 9.17) is 42.6 Å². The van der Waals surface area contributed by atoms with Gasteiger partial charge in [0, 0.05) is 73.0 Å². The molecule has 1 amide bonds. The van der Waals surface area contributed by atoms with E-state index in [0.717, 1.165) is 71.6 Å². The molecular formula is C37H37Cl2N5O4. The van der Waals surface area contributed by atoms with Crippen LogP contribution in [-0.2, 0) is 17.8 Å². The number of nitrogens with zero attached hydrogens (tertiary/aromatic N) is 4. The lowest BCUT2D eigenvalue weighted by Crippen LogP contribution is -2.66. The number of aromatic nitrogens is 2. The number of hydrogen-bond donors (Lipinski definition) is 2. The van der Waals surface area contributed by atoms with Crippen molar-refractivity contribution in [1.29, 1.82) is 0 Å². The van der Waals surface area contributed by atoms with Crippen molar-refractivity contribution < 1.29 is 19.4 Å². The zero-order valence-corrected chi connectivity index (χ0v) is 28.4. The third kappa shape index (κ3) is 5.42. The highest BCUT2D eigenvalue weighted by molar-refractivity contribution is 6.39. The number of β-amino-alcohol motifs (C(OH)–C–C–N with tert-alkyl or cyclic N) is 1. The van der Waals surface area contributed by atoms with Gasteiger partial charge in [0.05, 0.1) is 47.8 Å². The van der Waals surface area contributed by atoms with E-state index < -0.39 is 0 Å². The summed E-state index contributed by atoms with van der Waals surface area (Å²) in [5, 5.41) is 14.1. The molecule has 4 aromatic rings. The van der Waals surface area contributed by atoms with Crippen LogP contribution in [0.1, 0.15) is 42.1 Å². The maximum absolute atomic E-state index is 11.7. The second kappa shape index (κ2) is 12.3. The summed E-state index contributed by atoms with van der Waals surface area (Å²) in [4.78, 5) is 25.9. The number of aliphatic hydroxyl groups excluding tert-OH is 1. The van der Waals surface area contributed by atoms with Crippen LogP contribution in [0.4, 0.5) is 0 Å². The van der Waals surface area contributed by atoms with E-state index >= 15 is 0 Å². The van der Waals surface area contributed by atoms with Gasteiger partial charge in [-0.15, -0.1) is 0 Å². The molecule has 4 heterocycles. The van der Waals surface area contributed by atoms with Gasteiger partial charge in [-0.2, -0.15) is 0 Å².